The Morgan fingerprint density at radius 1 is 1.50 bits per heavy atom. The number of piperidine rings is 1. The predicted molar refractivity (Wildman–Crippen MR) is 81.6 cm³/mol. The van der Waals surface area contributed by atoms with Crippen molar-refractivity contribution in [3.63, 3.8) is 0 Å². The summed E-state index contributed by atoms with van der Waals surface area (Å²) in [5.74, 6) is 0.564. The summed E-state index contributed by atoms with van der Waals surface area (Å²) in [5.41, 5.74) is 1.93. The Labute approximate surface area is 138 Å². The summed E-state index contributed by atoms with van der Waals surface area (Å²) in [6.07, 6.45) is 1.31. The molecule has 0 spiro atoms. The number of nitrogens with one attached hydrogen (secondary N) is 1. The second-order valence-corrected chi connectivity index (χ2v) is 6.03. The average Bonchev–Trinajstić information content (AvgIpc) is 3.15. The number of β-amino-alcohol motifs (C(OH)–C–C–N with tert-alkyl or cyclic N) is 1. The van der Waals surface area contributed by atoms with Crippen molar-refractivity contribution in [2.75, 3.05) is 13.1 Å². The van der Waals surface area contributed by atoms with Crippen LogP contribution in [-0.2, 0) is 17.9 Å². The molecule has 0 bridgehead atoms. The van der Waals surface area contributed by atoms with Gasteiger partial charge in [-0.15, -0.1) is 10.2 Å². The molecule has 2 N–H and O–H groups in total. The molecule has 2 aromatic rings. The minimum Gasteiger partial charge on any atom is -0.390 e. The topological polar surface area (TPSA) is 122 Å². The fraction of sp³-hybridized carbons (Fsp3) is 0.643. The molecule has 0 unspecified atom stereocenters. The second kappa shape index (κ2) is 7.05. The smallest absolute Gasteiger partial charge is 0.243 e. The second-order valence-electron chi connectivity index (χ2n) is 6.03. The number of tetrazole rings is 1. The van der Waals surface area contributed by atoms with E-state index in [4.69, 9.17) is 4.52 Å². The Balaban J connectivity index is 1.51. The lowest BCUT2D eigenvalue weighted by atomic mass is 10.0. The zero-order chi connectivity index (χ0) is 17.1. The van der Waals surface area contributed by atoms with Gasteiger partial charge in [-0.25, -0.2) is 0 Å². The third-order valence-electron chi connectivity index (χ3n) is 4.25. The number of rotatable bonds is 5. The van der Waals surface area contributed by atoms with Crippen LogP contribution in [0.25, 0.3) is 0 Å². The minimum atomic E-state index is -0.633. The predicted octanol–water partition coefficient (Wildman–Crippen LogP) is -0.970. The maximum Gasteiger partial charge on any atom is 0.243 e. The molecular formula is C14H21N7O3. The van der Waals surface area contributed by atoms with Gasteiger partial charge >= 0.3 is 0 Å². The molecule has 0 radical (unpaired) electrons. The first-order valence-electron chi connectivity index (χ1n) is 7.85. The van der Waals surface area contributed by atoms with E-state index >= 15 is 0 Å². The van der Waals surface area contributed by atoms with Gasteiger partial charge in [-0.1, -0.05) is 5.16 Å². The van der Waals surface area contributed by atoms with Crippen LogP contribution in [0.4, 0.5) is 0 Å². The summed E-state index contributed by atoms with van der Waals surface area (Å²) in [6, 6.07) is -0.276. The van der Waals surface area contributed by atoms with Crippen molar-refractivity contribution in [3.05, 3.63) is 23.3 Å². The number of carbonyl (C=O) groups is 1. The third kappa shape index (κ3) is 3.77. The average molecular weight is 335 g/mol. The van der Waals surface area contributed by atoms with E-state index in [-0.39, 0.29) is 18.5 Å². The molecule has 1 saturated heterocycles. The minimum absolute atomic E-state index is 0.00792. The molecule has 130 valence electrons. The molecule has 0 saturated carbocycles. The molecule has 10 nitrogen and oxygen atoms in total. The summed E-state index contributed by atoms with van der Waals surface area (Å²) in [6.45, 7) is 5.72. The number of carbonyl (C=O) groups excluding carboxylic acids is 1. The molecule has 0 aromatic carbocycles. The zero-order valence-electron chi connectivity index (χ0n) is 13.7. The van der Waals surface area contributed by atoms with Gasteiger partial charge in [-0.05, 0) is 25.5 Å². The van der Waals surface area contributed by atoms with Gasteiger partial charge in [0, 0.05) is 25.2 Å². The van der Waals surface area contributed by atoms with Gasteiger partial charge in [0.25, 0.3) is 0 Å². The van der Waals surface area contributed by atoms with E-state index in [2.05, 4.69) is 30.8 Å². The molecule has 1 aliphatic rings. The van der Waals surface area contributed by atoms with E-state index in [1.54, 1.807) is 0 Å². The molecule has 2 aromatic heterocycles. The normalized spacial score (nSPS) is 21.8. The SMILES string of the molecule is Cc1noc(C)c1CN1CC[C@@H](NC(=O)Cn2ncnn2)[C@H](O)C1. The van der Waals surface area contributed by atoms with E-state index in [9.17, 15) is 9.90 Å². The molecule has 3 rings (SSSR count). The molecule has 1 aliphatic heterocycles. The first-order chi connectivity index (χ1) is 11.5. The van der Waals surface area contributed by atoms with E-state index in [1.165, 1.54) is 11.1 Å². The van der Waals surface area contributed by atoms with Crippen LogP contribution in [0.3, 0.4) is 0 Å². The summed E-state index contributed by atoms with van der Waals surface area (Å²) in [7, 11) is 0. The summed E-state index contributed by atoms with van der Waals surface area (Å²) < 4.78 is 5.17. The number of hydrogen-bond donors (Lipinski definition) is 2. The number of aromatic nitrogens is 5. The van der Waals surface area contributed by atoms with Crippen molar-refractivity contribution in [3.8, 4) is 0 Å². The van der Waals surface area contributed by atoms with E-state index in [1.807, 2.05) is 13.8 Å². The van der Waals surface area contributed by atoms with E-state index < -0.39 is 6.10 Å². The number of aliphatic hydroxyl groups excluding tert-OH is 1. The quantitative estimate of drug-likeness (QED) is 0.715. The van der Waals surface area contributed by atoms with Crippen molar-refractivity contribution in [1.29, 1.82) is 0 Å². The summed E-state index contributed by atoms with van der Waals surface area (Å²) in [4.78, 5) is 15.3. The van der Waals surface area contributed by atoms with Gasteiger partial charge in [0.15, 0.2) is 6.33 Å². The van der Waals surface area contributed by atoms with Crippen LogP contribution in [0.15, 0.2) is 10.9 Å². The highest BCUT2D eigenvalue weighted by atomic mass is 16.5. The molecule has 3 heterocycles. The van der Waals surface area contributed by atoms with Gasteiger partial charge < -0.3 is 14.9 Å². The van der Waals surface area contributed by atoms with Crippen LogP contribution in [0.1, 0.15) is 23.4 Å². The van der Waals surface area contributed by atoms with Gasteiger partial charge in [-0.2, -0.15) is 4.80 Å². The number of amides is 1. The summed E-state index contributed by atoms with van der Waals surface area (Å²) in [5, 5.41) is 28.1. The van der Waals surface area contributed by atoms with Crippen LogP contribution in [0.2, 0.25) is 0 Å². The Bertz CT molecular complexity index is 665. The fourth-order valence-corrected chi connectivity index (χ4v) is 2.90. The van der Waals surface area contributed by atoms with Gasteiger partial charge in [0.1, 0.15) is 12.3 Å². The molecule has 1 amide bonds. The number of hydrogen-bond acceptors (Lipinski definition) is 8. The monoisotopic (exact) mass is 335 g/mol. The first kappa shape index (κ1) is 16.5. The van der Waals surface area contributed by atoms with Crippen LogP contribution in [-0.4, -0.2) is 66.5 Å². The van der Waals surface area contributed by atoms with Gasteiger partial charge in [0.05, 0.1) is 17.8 Å². The fourth-order valence-electron chi connectivity index (χ4n) is 2.90. The van der Waals surface area contributed by atoms with Crippen molar-refractivity contribution in [1.82, 2.24) is 35.6 Å². The Morgan fingerprint density at radius 3 is 2.96 bits per heavy atom. The van der Waals surface area contributed by atoms with Crippen LogP contribution in [0, 0.1) is 13.8 Å². The zero-order valence-corrected chi connectivity index (χ0v) is 13.7. The maximum atomic E-state index is 12.0. The standard InChI is InChI=1S/C14H21N7O3/c1-9-11(10(2)24-18-9)5-20-4-3-12(13(22)6-20)17-14(23)7-21-16-8-15-19-21/h8,12-13,22H,3-7H2,1-2H3,(H,17,23)/t12-,13-/m1/s1. The van der Waals surface area contributed by atoms with Crippen LogP contribution >= 0.6 is 0 Å². The van der Waals surface area contributed by atoms with Crippen molar-refractivity contribution >= 4 is 5.91 Å². The van der Waals surface area contributed by atoms with Crippen molar-refractivity contribution in [2.24, 2.45) is 0 Å². The third-order valence-corrected chi connectivity index (χ3v) is 4.25. The number of nitrogens with zero attached hydrogens (tertiary/aromatic N) is 6. The molecular weight excluding hydrogens is 314 g/mol. The van der Waals surface area contributed by atoms with E-state index in [0.29, 0.717) is 19.5 Å². The highest BCUT2D eigenvalue weighted by Gasteiger charge is 2.29. The van der Waals surface area contributed by atoms with Crippen molar-refractivity contribution < 1.29 is 14.4 Å². The Kier molecular flexibility index (Phi) is 4.86. The maximum absolute atomic E-state index is 12.0. The number of aliphatic hydroxyl groups is 1. The molecule has 2 atom stereocenters. The largest absolute Gasteiger partial charge is 0.390 e. The van der Waals surface area contributed by atoms with Crippen LogP contribution < -0.4 is 5.32 Å². The van der Waals surface area contributed by atoms with Crippen LogP contribution in [0.5, 0.6) is 0 Å². The van der Waals surface area contributed by atoms with Gasteiger partial charge in [-0.3, -0.25) is 9.69 Å². The lowest BCUT2D eigenvalue weighted by Crippen LogP contribution is -2.54. The lowest BCUT2D eigenvalue weighted by molar-refractivity contribution is -0.124. The molecule has 10 heteroatoms. The summed E-state index contributed by atoms with van der Waals surface area (Å²) >= 11 is 0. The molecule has 0 aliphatic carbocycles. The Morgan fingerprint density at radius 2 is 2.33 bits per heavy atom. The number of aryl methyl sites for hydroxylation is 2. The highest BCUT2D eigenvalue weighted by molar-refractivity contribution is 5.75. The van der Waals surface area contributed by atoms with E-state index in [0.717, 1.165) is 23.6 Å². The Hall–Kier alpha value is -2.33. The van der Waals surface area contributed by atoms with Gasteiger partial charge in [0.2, 0.25) is 5.91 Å². The molecule has 1 fully saturated rings. The lowest BCUT2D eigenvalue weighted by Gasteiger charge is -2.36. The molecule has 24 heavy (non-hydrogen) atoms. The highest BCUT2D eigenvalue weighted by Crippen LogP contribution is 2.19. The first-order valence-corrected chi connectivity index (χ1v) is 7.85. The number of likely N-dealkylation sites (tertiary alicyclic amines) is 1. The van der Waals surface area contributed by atoms with Crippen molar-refractivity contribution in [2.45, 2.75) is 45.5 Å².